The number of nitro groups is 2. The van der Waals surface area contributed by atoms with E-state index >= 15 is 0 Å². The molecule has 0 saturated carbocycles. The minimum absolute atomic E-state index is 0.0665. The molecule has 2 atom stereocenters. The molecule has 1 aromatic heterocycles. The number of carbonyl (C=O) groups excluding carboxylic acids is 1. The van der Waals surface area contributed by atoms with E-state index in [2.05, 4.69) is 20.9 Å². The molecule has 0 aliphatic heterocycles. The summed E-state index contributed by atoms with van der Waals surface area (Å²) >= 11 is 0. The first-order valence-electron chi connectivity index (χ1n) is 14.2. The SMILES string of the molecule is CN(C(=O)N[C@@H](CCC(=O)O)C(=O)O)[C@@H](CCCCn1cc(COCCOCCNc2ccc([N+](=O)[O-])cc2[N+](=O)[O-])nn1)C(=O)O. The Morgan fingerprint density at radius 3 is 2.36 bits per heavy atom. The van der Waals surface area contributed by atoms with Crippen LogP contribution in [0.2, 0.25) is 0 Å². The fourth-order valence-corrected chi connectivity index (χ4v) is 4.11. The minimum atomic E-state index is -1.49. The Morgan fingerprint density at radius 1 is 1.00 bits per heavy atom. The number of aryl methyl sites for hydroxylation is 1. The van der Waals surface area contributed by atoms with E-state index in [1.807, 2.05) is 0 Å². The lowest BCUT2D eigenvalue weighted by atomic mass is 10.1. The number of likely N-dealkylation sites (N-methyl/N-ethyl adjacent to an activating group) is 1. The van der Waals surface area contributed by atoms with Gasteiger partial charge in [-0.3, -0.25) is 29.7 Å². The lowest BCUT2D eigenvalue weighted by Crippen LogP contribution is -2.52. The van der Waals surface area contributed by atoms with Crippen molar-refractivity contribution >= 4 is 41.0 Å². The van der Waals surface area contributed by atoms with Crippen LogP contribution in [-0.4, -0.2) is 114 Å². The number of rotatable bonds is 23. The van der Waals surface area contributed by atoms with Gasteiger partial charge in [-0.1, -0.05) is 5.21 Å². The molecule has 1 aromatic carbocycles. The van der Waals surface area contributed by atoms with Crippen LogP contribution >= 0.6 is 0 Å². The summed E-state index contributed by atoms with van der Waals surface area (Å²) in [5, 5.41) is 62.5. The van der Waals surface area contributed by atoms with Crippen LogP contribution < -0.4 is 10.6 Å². The van der Waals surface area contributed by atoms with Crippen molar-refractivity contribution in [2.75, 3.05) is 38.7 Å². The number of nitrogens with one attached hydrogen (secondary N) is 2. The van der Waals surface area contributed by atoms with Gasteiger partial charge in [0.05, 0.1) is 48.5 Å². The number of aromatic nitrogens is 3. The summed E-state index contributed by atoms with van der Waals surface area (Å²) < 4.78 is 12.5. The number of non-ortho nitro benzene ring substituents is 1. The van der Waals surface area contributed by atoms with Gasteiger partial charge in [-0.15, -0.1) is 5.10 Å². The Balaban J connectivity index is 1.66. The number of carbonyl (C=O) groups is 4. The standard InChI is InChI=1S/C26H36N8O13/c1-31(26(41)28-20(24(37)38)7-8-23(35)36)21(25(39)40)4-2-3-10-32-15-17(29-30-32)16-47-13-12-46-11-9-27-19-6-5-18(33(42)43)14-22(19)34(44)45/h5-6,14-15,20-21,27H,2-4,7-13,16H2,1H3,(H,28,41)(H,35,36)(H,37,38)(H,39,40)/t20-,21-/m0/s1. The number of unbranched alkanes of at least 4 members (excludes halogenated alkanes) is 1. The summed E-state index contributed by atoms with van der Waals surface area (Å²) in [5.74, 6) is -3.95. The second-order valence-electron chi connectivity index (χ2n) is 10.0. The van der Waals surface area contributed by atoms with E-state index in [9.17, 15) is 49.6 Å². The number of carboxylic acids is 3. The number of hydrogen-bond donors (Lipinski definition) is 5. The van der Waals surface area contributed by atoms with Crippen LogP contribution in [-0.2, 0) is 37.0 Å². The summed E-state index contributed by atoms with van der Waals surface area (Å²) in [5.41, 5.74) is -0.146. The quantitative estimate of drug-likeness (QED) is 0.0633. The third kappa shape index (κ3) is 13.2. The highest BCUT2D eigenvalue weighted by Crippen LogP contribution is 2.28. The van der Waals surface area contributed by atoms with Gasteiger partial charge in [-0.25, -0.2) is 14.4 Å². The number of nitrogens with zero attached hydrogens (tertiary/aromatic N) is 6. The third-order valence-electron chi connectivity index (χ3n) is 6.59. The fraction of sp³-hybridized carbons (Fsp3) is 0.538. The number of amides is 2. The lowest BCUT2D eigenvalue weighted by molar-refractivity contribution is -0.393. The lowest BCUT2D eigenvalue weighted by Gasteiger charge is -2.26. The van der Waals surface area contributed by atoms with E-state index in [1.54, 1.807) is 10.9 Å². The molecule has 2 aromatic rings. The number of urea groups is 1. The number of benzene rings is 1. The summed E-state index contributed by atoms with van der Waals surface area (Å²) in [7, 11) is 1.21. The first-order valence-corrected chi connectivity index (χ1v) is 14.2. The van der Waals surface area contributed by atoms with Crippen molar-refractivity contribution in [2.24, 2.45) is 0 Å². The van der Waals surface area contributed by atoms with E-state index < -0.39 is 58.0 Å². The Morgan fingerprint density at radius 2 is 1.72 bits per heavy atom. The van der Waals surface area contributed by atoms with Crippen molar-refractivity contribution in [3.05, 3.63) is 50.3 Å². The highest BCUT2D eigenvalue weighted by molar-refractivity contribution is 5.86. The van der Waals surface area contributed by atoms with E-state index in [0.717, 1.165) is 17.0 Å². The van der Waals surface area contributed by atoms with Gasteiger partial charge in [0, 0.05) is 32.6 Å². The molecule has 5 N–H and O–H groups in total. The molecule has 0 unspecified atom stereocenters. The molecule has 0 saturated heterocycles. The van der Waals surface area contributed by atoms with Gasteiger partial charge in [-0.2, -0.15) is 0 Å². The van der Waals surface area contributed by atoms with Gasteiger partial charge in [0.15, 0.2) is 0 Å². The zero-order valence-electron chi connectivity index (χ0n) is 25.3. The van der Waals surface area contributed by atoms with Gasteiger partial charge < -0.3 is 40.3 Å². The Bertz CT molecular complexity index is 1400. The van der Waals surface area contributed by atoms with E-state index in [1.165, 1.54) is 13.1 Å². The van der Waals surface area contributed by atoms with E-state index in [0.29, 0.717) is 25.1 Å². The van der Waals surface area contributed by atoms with Crippen LogP contribution in [0.4, 0.5) is 21.9 Å². The van der Waals surface area contributed by atoms with Crippen LogP contribution in [0, 0.1) is 20.2 Å². The van der Waals surface area contributed by atoms with Crippen LogP contribution in [0.3, 0.4) is 0 Å². The second kappa shape index (κ2) is 19.2. The molecular weight excluding hydrogens is 632 g/mol. The molecular formula is C26H36N8O13. The maximum absolute atomic E-state index is 12.4. The fourth-order valence-electron chi connectivity index (χ4n) is 4.11. The van der Waals surface area contributed by atoms with Gasteiger partial charge in [0.25, 0.3) is 11.4 Å². The number of anilines is 1. The van der Waals surface area contributed by atoms with Crippen molar-refractivity contribution in [1.82, 2.24) is 25.2 Å². The molecule has 21 heteroatoms. The molecule has 0 aliphatic carbocycles. The van der Waals surface area contributed by atoms with Crippen molar-refractivity contribution in [1.29, 1.82) is 0 Å². The predicted molar refractivity (Wildman–Crippen MR) is 159 cm³/mol. The number of carboxylic acid groups (broad SMARTS) is 3. The molecule has 0 fully saturated rings. The van der Waals surface area contributed by atoms with Gasteiger partial charge >= 0.3 is 23.9 Å². The number of aliphatic carboxylic acids is 3. The van der Waals surface area contributed by atoms with Crippen LogP contribution in [0.5, 0.6) is 0 Å². The van der Waals surface area contributed by atoms with Crippen molar-refractivity contribution in [2.45, 2.75) is 57.3 Å². The smallest absolute Gasteiger partial charge is 0.326 e. The average molecular weight is 669 g/mol. The molecule has 0 spiro atoms. The highest BCUT2D eigenvalue weighted by Gasteiger charge is 2.29. The van der Waals surface area contributed by atoms with Crippen molar-refractivity contribution < 1.29 is 53.8 Å². The largest absolute Gasteiger partial charge is 0.481 e. The van der Waals surface area contributed by atoms with Gasteiger partial charge in [0.2, 0.25) is 0 Å². The Labute approximate surface area is 266 Å². The Kier molecular flexibility index (Phi) is 15.4. The summed E-state index contributed by atoms with van der Waals surface area (Å²) in [6.07, 6.45) is 1.74. The zero-order valence-corrected chi connectivity index (χ0v) is 25.3. The predicted octanol–water partition coefficient (Wildman–Crippen LogP) is 1.32. The molecule has 47 heavy (non-hydrogen) atoms. The van der Waals surface area contributed by atoms with Crippen molar-refractivity contribution in [3.8, 4) is 0 Å². The minimum Gasteiger partial charge on any atom is -0.481 e. The highest BCUT2D eigenvalue weighted by atomic mass is 16.6. The van der Waals surface area contributed by atoms with Crippen molar-refractivity contribution in [3.63, 3.8) is 0 Å². The molecule has 1 heterocycles. The maximum Gasteiger partial charge on any atom is 0.326 e. The topological polar surface area (TPSA) is 292 Å². The molecule has 2 rings (SSSR count). The molecule has 0 aliphatic rings. The molecule has 21 nitrogen and oxygen atoms in total. The first-order chi connectivity index (χ1) is 22.3. The third-order valence-corrected chi connectivity index (χ3v) is 6.59. The van der Waals surface area contributed by atoms with Crippen LogP contribution in [0.15, 0.2) is 24.4 Å². The number of hydrogen-bond acceptors (Lipinski definition) is 13. The second-order valence-corrected chi connectivity index (χ2v) is 10.0. The van der Waals surface area contributed by atoms with Gasteiger partial charge in [-0.05, 0) is 31.7 Å². The zero-order chi connectivity index (χ0) is 34.9. The average Bonchev–Trinajstić information content (AvgIpc) is 3.46. The van der Waals surface area contributed by atoms with Gasteiger partial charge in [0.1, 0.15) is 23.5 Å². The number of nitro benzene ring substituents is 2. The molecule has 0 radical (unpaired) electrons. The monoisotopic (exact) mass is 668 g/mol. The van der Waals surface area contributed by atoms with Crippen LogP contribution in [0.25, 0.3) is 0 Å². The Hall–Kier alpha value is -5.44. The molecule has 2 amide bonds. The molecule has 258 valence electrons. The normalized spacial score (nSPS) is 12.1. The first kappa shape index (κ1) is 37.7. The summed E-state index contributed by atoms with van der Waals surface area (Å²) in [4.78, 5) is 67.7. The van der Waals surface area contributed by atoms with E-state index in [4.69, 9.17) is 14.6 Å². The summed E-state index contributed by atoms with van der Waals surface area (Å²) in [6.45, 7) is 1.37. The number of ether oxygens (including phenoxy) is 2. The summed E-state index contributed by atoms with van der Waals surface area (Å²) in [6, 6.07) is -0.389. The maximum atomic E-state index is 12.4. The van der Waals surface area contributed by atoms with Crippen LogP contribution in [0.1, 0.15) is 37.8 Å². The van der Waals surface area contributed by atoms with E-state index in [-0.39, 0.29) is 57.2 Å². The molecule has 0 bridgehead atoms.